The van der Waals surface area contributed by atoms with Crippen molar-refractivity contribution in [3.8, 4) is 0 Å². The number of hydrogen-bond donors (Lipinski definition) is 2. The first-order valence-electron chi connectivity index (χ1n) is 7.98. The highest BCUT2D eigenvalue weighted by Gasteiger charge is 2.33. The minimum absolute atomic E-state index is 0. The molecule has 1 aliphatic rings. The van der Waals surface area contributed by atoms with E-state index < -0.39 is 11.7 Å². The van der Waals surface area contributed by atoms with Gasteiger partial charge < -0.3 is 15.5 Å². The molecule has 5 nitrogen and oxygen atoms in total. The Morgan fingerprint density at radius 1 is 1.54 bits per heavy atom. The van der Waals surface area contributed by atoms with Crippen LogP contribution in [0.4, 0.5) is 19.0 Å². The SMILES string of the molecule is C=CCN=C(NCC)NC1CCN(c2ncc(C(F)(F)F)cc2Cl)C1.I. The lowest BCUT2D eigenvalue weighted by atomic mass is 10.2. The first kappa shape index (κ1) is 22.8. The van der Waals surface area contributed by atoms with E-state index in [4.69, 9.17) is 11.6 Å². The van der Waals surface area contributed by atoms with E-state index in [1.165, 1.54) is 0 Å². The molecule has 0 saturated carbocycles. The number of rotatable bonds is 5. The Balaban J connectivity index is 0.00000338. The van der Waals surface area contributed by atoms with Crippen LogP contribution in [0.25, 0.3) is 0 Å². The monoisotopic (exact) mass is 503 g/mol. The molecule has 0 bridgehead atoms. The summed E-state index contributed by atoms with van der Waals surface area (Å²) >= 11 is 6.02. The number of nitrogens with zero attached hydrogens (tertiary/aromatic N) is 3. The van der Waals surface area contributed by atoms with E-state index in [9.17, 15) is 13.2 Å². The number of aromatic nitrogens is 1. The minimum Gasteiger partial charge on any atom is -0.357 e. The molecule has 1 saturated heterocycles. The molecular weight excluding hydrogens is 482 g/mol. The molecule has 26 heavy (non-hydrogen) atoms. The molecule has 0 spiro atoms. The normalized spacial score (nSPS) is 17.7. The van der Waals surface area contributed by atoms with E-state index in [0.717, 1.165) is 25.2 Å². The second-order valence-electron chi connectivity index (χ2n) is 5.61. The third kappa shape index (κ3) is 6.19. The van der Waals surface area contributed by atoms with Crippen molar-refractivity contribution >= 4 is 47.4 Å². The predicted octanol–water partition coefficient (Wildman–Crippen LogP) is 3.69. The zero-order valence-electron chi connectivity index (χ0n) is 14.3. The van der Waals surface area contributed by atoms with E-state index >= 15 is 0 Å². The number of alkyl halides is 3. The molecule has 0 aromatic carbocycles. The van der Waals surface area contributed by atoms with Gasteiger partial charge in [0.05, 0.1) is 17.1 Å². The van der Waals surface area contributed by atoms with Crippen molar-refractivity contribution in [2.24, 2.45) is 4.99 Å². The standard InChI is InChI=1S/C16H21ClF3N5.HI/c1-3-6-22-15(21-4-2)24-12-5-7-25(10-12)14-13(17)8-11(9-23-14)16(18,19)20;/h3,8-9,12H,1,4-7,10H2,2H3,(H2,21,22,24);1H. The van der Waals surface area contributed by atoms with Gasteiger partial charge >= 0.3 is 6.18 Å². The number of halogens is 5. The van der Waals surface area contributed by atoms with Crippen LogP contribution in [0.1, 0.15) is 18.9 Å². The van der Waals surface area contributed by atoms with E-state index in [1.807, 2.05) is 11.8 Å². The number of aliphatic imine (C=N–C) groups is 1. The summed E-state index contributed by atoms with van der Waals surface area (Å²) in [4.78, 5) is 10.1. The molecule has 2 N–H and O–H groups in total. The fraction of sp³-hybridized carbons (Fsp3) is 0.500. The number of guanidine groups is 1. The van der Waals surface area contributed by atoms with Gasteiger partial charge in [-0.25, -0.2) is 9.98 Å². The average Bonchev–Trinajstić information content (AvgIpc) is 3.00. The van der Waals surface area contributed by atoms with Crippen molar-refractivity contribution in [3.63, 3.8) is 0 Å². The van der Waals surface area contributed by atoms with Gasteiger partial charge in [0.25, 0.3) is 0 Å². The second-order valence-corrected chi connectivity index (χ2v) is 6.02. The number of anilines is 1. The molecule has 10 heteroatoms. The lowest BCUT2D eigenvalue weighted by Crippen LogP contribution is -2.44. The van der Waals surface area contributed by atoms with Gasteiger partial charge in [-0.2, -0.15) is 13.2 Å². The summed E-state index contributed by atoms with van der Waals surface area (Å²) in [5, 5.41) is 6.45. The predicted molar refractivity (Wildman–Crippen MR) is 110 cm³/mol. The first-order valence-corrected chi connectivity index (χ1v) is 8.36. The third-order valence-corrected chi connectivity index (χ3v) is 3.98. The van der Waals surface area contributed by atoms with E-state index in [0.29, 0.717) is 31.4 Å². The van der Waals surface area contributed by atoms with Gasteiger partial charge in [0.1, 0.15) is 5.82 Å². The van der Waals surface area contributed by atoms with Gasteiger partial charge in [0.15, 0.2) is 5.96 Å². The van der Waals surface area contributed by atoms with Gasteiger partial charge in [-0.1, -0.05) is 17.7 Å². The Bertz CT molecular complexity index is 639. The lowest BCUT2D eigenvalue weighted by Gasteiger charge is -2.21. The van der Waals surface area contributed by atoms with Crippen LogP contribution < -0.4 is 15.5 Å². The summed E-state index contributed by atoms with van der Waals surface area (Å²) in [7, 11) is 0. The maximum Gasteiger partial charge on any atom is 0.417 e. The molecule has 2 rings (SSSR count). The number of nitrogens with one attached hydrogen (secondary N) is 2. The van der Waals surface area contributed by atoms with Crippen molar-refractivity contribution in [2.75, 3.05) is 31.1 Å². The fourth-order valence-electron chi connectivity index (χ4n) is 2.56. The molecule has 0 amide bonds. The first-order chi connectivity index (χ1) is 11.8. The highest BCUT2D eigenvalue weighted by molar-refractivity contribution is 14.0. The van der Waals surface area contributed by atoms with Crippen LogP contribution in [0.2, 0.25) is 5.02 Å². The van der Waals surface area contributed by atoms with Crippen LogP contribution in [-0.4, -0.2) is 43.2 Å². The van der Waals surface area contributed by atoms with Crippen LogP contribution in [0.5, 0.6) is 0 Å². The third-order valence-electron chi connectivity index (χ3n) is 3.70. The molecule has 1 aliphatic heterocycles. The molecule has 1 fully saturated rings. The van der Waals surface area contributed by atoms with Gasteiger partial charge in [0.2, 0.25) is 0 Å². The summed E-state index contributed by atoms with van der Waals surface area (Å²) in [5.41, 5.74) is -0.846. The molecule has 2 heterocycles. The zero-order valence-corrected chi connectivity index (χ0v) is 17.4. The van der Waals surface area contributed by atoms with Crippen LogP contribution in [0, 0.1) is 0 Å². The van der Waals surface area contributed by atoms with Crippen molar-refractivity contribution in [1.29, 1.82) is 0 Å². The molecule has 0 radical (unpaired) electrons. The Labute approximate surface area is 173 Å². The molecule has 0 aliphatic carbocycles. The Morgan fingerprint density at radius 3 is 2.85 bits per heavy atom. The number of hydrogen-bond acceptors (Lipinski definition) is 3. The van der Waals surface area contributed by atoms with Crippen LogP contribution >= 0.6 is 35.6 Å². The molecule has 1 unspecified atom stereocenters. The van der Waals surface area contributed by atoms with Crippen LogP contribution in [0.3, 0.4) is 0 Å². The van der Waals surface area contributed by atoms with Gasteiger partial charge in [-0.3, -0.25) is 0 Å². The largest absolute Gasteiger partial charge is 0.417 e. The molecule has 146 valence electrons. The molecule has 1 aromatic rings. The van der Waals surface area contributed by atoms with Gasteiger partial charge in [0, 0.05) is 31.9 Å². The maximum atomic E-state index is 12.7. The highest BCUT2D eigenvalue weighted by atomic mass is 127. The lowest BCUT2D eigenvalue weighted by molar-refractivity contribution is -0.137. The van der Waals surface area contributed by atoms with Crippen molar-refractivity contribution < 1.29 is 13.2 Å². The van der Waals surface area contributed by atoms with Crippen molar-refractivity contribution in [1.82, 2.24) is 15.6 Å². The number of pyridine rings is 1. The highest BCUT2D eigenvalue weighted by Crippen LogP contribution is 2.34. The zero-order chi connectivity index (χ0) is 18.4. The van der Waals surface area contributed by atoms with Crippen LogP contribution in [0.15, 0.2) is 29.9 Å². The molecule has 1 aromatic heterocycles. The molecule has 1 atom stereocenters. The summed E-state index contributed by atoms with van der Waals surface area (Å²) in [5.74, 6) is 1.05. The Morgan fingerprint density at radius 2 is 2.27 bits per heavy atom. The average molecular weight is 504 g/mol. The van der Waals surface area contributed by atoms with E-state index in [-0.39, 0.29) is 35.0 Å². The quantitative estimate of drug-likeness (QED) is 0.279. The summed E-state index contributed by atoms with van der Waals surface area (Å²) in [6, 6.07) is 1.02. The van der Waals surface area contributed by atoms with E-state index in [1.54, 1.807) is 6.08 Å². The Hall–Kier alpha value is -1.23. The van der Waals surface area contributed by atoms with Crippen molar-refractivity contribution in [3.05, 3.63) is 35.5 Å². The minimum atomic E-state index is -4.45. The Kier molecular flexibility index (Phi) is 8.94. The van der Waals surface area contributed by atoms with Crippen molar-refractivity contribution in [2.45, 2.75) is 25.6 Å². The molecular formula is C16H22ClF3IN5. The smallest absolute Gasteiger partial charge is 0.357 e. The second kappa shape index (κ2) is 10.2. The van der Waals surface area contributed by atoms with E-state index in [2.05, 4.69) is 27.2 Å². The topological polar surface area (TPSA) is 52.6 Å². The summed E-state index contributed by atoms with van der Waals surface area (Å²) in [6.45, 7) is 8.06. The van der Waals surface area contributed by atoms with Crippen LogP contribution in [-0.2, 0) is 6.18 Å². The maximum absolute atomic E-state index is 12.7. The van der Waals surface area contributed by atoms with Gasteiger partial charge in [-0.05, 0) is 19.4 Å². The summed E-state index contributed by atoms with van der Waals surface area (Å²) < 4.78 is 38.1. The fourth-order valence-corrected chi connectivity index (χ4v) is 2.84. The van der Waals surface area contributed by atoms with Gasteiger partial charge in [-0.15, -0.1) is 30.6 Å². The summed E-state index contributed by atoms with van der Waals surface area (Å²) in [6.07, 6.45) is -1.13.